The Balaban J connectivity index is 1.93. The van der Waals surface area contributed by atoms with Crippen LogP contribution in [0.4, 0.5) is 5.82 Å². The quantitative estimate of drug-likeness (QED) is 0.754. The lowest BCUT2D eigenvalue weighted by atomic mass is 10.2. The van der Waals surface area contributed by atoms with Crippen molar-refractivity contribution in [1.82, 2.24) is 4.98 Å². The van der Waals surface area contributed by atoms with Gasteiger partial charge in [-0.05, 0) is 30.7 Å². The van der Waals surface area contributed by atoms with Gasteiger partial charge in [0.15, 0.2) is 13.2 Å². The van der Waals surface area contributed by atoms with E-state index in [9.17, 15) is 14.9 Å². The molecule has 8 heteroatoms. The molecule has 0 radical (unpaired) electrons. The molecule has 0 aliphatic rings. The molecule has 0 unspecified atom stereocenters. The topological polar surface area (TPSA) is 111 Å². The van der Waals surface area contributed by atoms with Crippen molar-refractivity contribution in [3.63, 3.8) is 0 Å². The molecular weight excluding hydrogens is 338 g/mol. The van der Waals surface area contributed by atoms with Crippen molar-refractivity contribution in [1.29, 1.82) is 5.26 Å². The maximum Gasteiger partial charge on any atom is 0.343 e. The summed E-state index contributed by atoms with van der Waals surface area (Å²) in [6.45, 7) is 1.34. The molecule has 0 spiro atoms. The zero-order valence-corrected chi connectivity index (χ0v) is 14.3. The molecule has 0 bridgehead atoms. The van der Waals surface area contributed by atoms with E-state index in [1.807, 2.05) is 19.1 Å². The van der Waals surface area contributed by atoms with Gasteiger partial charge in [0.1, 0.15) is 23.4 Å². The molecule has 0 saturated carbocycles. The second-order valence-corrected chi connectivity index (χ2v) is 5.19. The molecule has 0 saturated heterocycles. The molecule has 0 aliphatic heterocycles. The van der Waals surface area contributed by atoms with E-state index in [0.29, 0.717) is 11.6 Å². The van der Waals surface area contributed by atoms with Crippen molar-refractivity contribution in [3.05, 3.63) is 47.7 Å². The first kappa shape index (κ1) is 18.7. The van der Waals surface area contributed by atoms with E-state index in [4.69, 9.17) is 9.47 Å². The molecule has 134 valence electrons. The first-order valence-electron chi connectivity index (χ1n) is 7.61. The lowest BCUT2D eigenvalue weighted by Crippen LogP contribution is -2.21. The second kappa shape index (κ2) is 9.03. The summed E-state index contributed by atoms with van der Waals surface area (Å²) in [4.78, 5) is 27.0. The van der Waals surface area contributed by atoms with Crippen molar-refractivity contribution in [3.8, 4) is 17.6 Å². The van der Waals surface area contributed by atoms with Crippen molar-refractivity contribution in [2.24, 2.45) is 0 Å². The third-order valence-corrected chi connectivity index (χ3v) is 3.19. The van der Waals surface area contributed by atoms with Gasteiger partial charge in [0.2, 0.25) is 0 Å². The number of pyridine rings is 1. The molecule has 0 atom stereocenters. The second-order valence-electron chi connectivity index (χ2n) is 5.19. The van der Waals surface area contributed by atoms with Gasteiger partial charge < -0.3 is 19.5 Å². The molecule has 1 aromatic heterocycles. The smallest absolute Gasteiger partial charge is 0.343 e. The molecular formula is C18H17N3O5. The molecule has 1 heterocycles. The Morgan fingerprint density at radius 3 is 2.65 bits per heavy atom. The fourth-order valence-electron chi connectivity index (χ4n) is 1.88. The van der Waals surface area contributed by atoms with Gasteiger partial charge in [-0.25, -0.2) is 9.78 Å². The van der Waals surface area contributed by atoms with E-state index in [0.717, 1.165) is 5.56 Å². The monoisotopic (exact) mass is 355 g/mol. The first-order valence-corrected chi connectivity index (χ1v) is 7.61. The summed E-state index contributed by atoms with van der Waals surface area (Å²) in [5, 5.41) is 11.8. The van der Waals surface area contributed by atoms with E-state index in [-0.39, 0.29) is 24.5 Å². The van der Waals surface area contributed by atoms with Gasteiger partial charge in [-0.2, -0.15) is 5.26 Å². The number of ether oxygens (including phenoxy) is 3. The van der Waals surface area contributed by atoms with E-state index >= 15 is 0 Å². The van der Waals surface area contributed by atoms with Gasteiger partial charge in [-0.3, -0.25) is 4.79 Å². The van der Waals surface area contributed by atoms with Crippen LogP contribution in [0.15, 0.2) is 36.5 Å². The maximum atomic E-state index is 11.9. The number of carbonyl (C=O) groups excluding carboxylic acids is 2. The summed E-state index contributed by atoms with van der Waals surface area (Å²) in [6, 6.07) is 9.89. The number of aromatic nitrogens is 1. The number of hydrogen-bond donors (Lipinski definition) is 1. The van der Waals surface area contributed by atoms with Crippen LogP contribution in [0.1, 0.15) is 11.1 Å². The number of carbonyl (C=O) groups is 2. The highest BCUT2D eigenvalue weighted by Crippen LogP contribution is 2.23. The number of methoxy groups -OCH3 is 1. The summed E-state index contributed by atoms with van der Waals surface area (Å²) in [5.74, 6) is 0.00952. The lowest BCUT2D eigenvalue weighted by Gasteiger charge is -2.10. The first-order chi connectivity index (χ1) is 12.5. The normalized spacial score (nSPS) is 9.73. The van der Waals surface area contributed by atoms with E-state index in [1.54, 1.807) is 12.3 Å². The molecule has 2 rings (SSSR count). The van der Waals surface area contributed by atoms with E-state index in [2.05, 4.69) is 15.0 Å². The fourth-order valence-corrected chi connectivity index (χ4v) is 1.88. The van der Waals surface area contributed by atoms with Gasteiger partial charge >= 0.3 is 5.97 Å². The maximum absolute atomic E-state index is 11.9. The lowest BCUT2D eigenvalue weighted by molar-refractivity contribution is -0.142. The molecule has 1 amide bonds. The standard InChI is InChI=1S/C18H17N3O5/c1-12-3-6-16(20-9-12)21-17(22)10-26-15-5-4-14(7-13(15)8-19)25-11-18(23)24-2/h3-7,9H,10-11H2,1-2H3,(H,20,21,22). The number of benzene rings is 1. The minimum Gasteiger partial charge on any atom is -0.482 e. The fraction of sp³-hybridized carbons (Fsp3) is 0.222. The molecule has 26 heavy (non-hydrogen) atoms. The summed E-state index contributed by atoms with van der Waals surface area (Å²) >= 11 is 0. The highest BCUT2D eigenvalue weighted by molar-refractivity contribution is 5.90. The number of aryl methyl sites for hydroxylation is 1. The van der Waals surface area contributed by atoms with Crippen LogP contribution in [-0.2, 0) is 14.3 Å². The van der Waals surface area contributed by atoms with E-state index in [1.165, 1.54) is 25.3 Å². The molecule has 0 fully saturated rings. The Labute approximate surface area is 150 Å². The van der Waals surface area contributed by atoms with Crippen LogP contribution in [0.5, 0.6) is 11.5 Å². The molecule has 2 aromatic rings. The van der Waals surface area contributed by atoms with Crippen molar-refractivity contribution >= 4 is 17.7 Å². The van der Waals surface area contributed by atoms with Gasteiger partial charge in [0, 0.05) is 12.3 Å². The van der Waals surface area contributed by atoms with Crippen molar-refractivity contribution < 1.29 is 23.8 Å². The Bertz CT molecular complexity index is 828. The Hall–Kier alpha value is -3.60. The highest BCUT2D eigenvalue weighted by Gasteiger charge is 2.10. The summed E-state index contributed by atoms with van der Waals surface area (Å²) in [6.07, 6.45) is 1.64. The van der Waals surface area contributed by atoms with Crippen LogP contribution in [0.2, 0.25) is 0 Å². The zero-order chi connectivity index (χ0) is 18.9. The van der Waals surface area contributed by atoms with Gasteiger partial charge in [0.05, 0.1) is 12.7 Å². The third kappa shape index (κ3) is 5.49. The summed E-state index contributed by atoms with van der Waals surface area (Å²) in [7, 11) is 1.25. The van der Waals surface area contributed by atoms with Gasteiger partial charge in [0.25, 0.3) is 5.91 Å². The van der Waals surface area contributed by atoms with Crippen LogP contribution in [0.25, 0.3) is 0 Å². The molecule has 0 aliphatic carbocycles. The van der Waals surface area contributed by atoms with E-state index < -0.39 is 11.9 Å². The van der Waals surface area contributed by atoms with Gasteiger partial charge in [-0.1, -0.05) is 6.07 Å². The average molecular weight is 355 g/mol. The summed E-state index contributed by atoms with van der Waals surface area (Å²) < 4.78 is 15.0. The number of nitriles is 1. The Morgan fingerprint density at radius 1 is 1.19 bits per heavy atom. The zero-order valence-electron chi connectivity index (χ0n) is 14.3. The number of nitrogens with one attached hydrogen (secondary N) is 1. The highest BCUT2D eigenvalue weighted by atomic mass is 16.6. The minimum atomic E-state index is -0.537. The predicted molar refractivity (Wildman–Crippen MR) is 91.8 cm³/mol. The van der Waals surface area contributed by atoms with Crippen molar-refractivity contribution in [2.75, 3.05) is 25.6 Å². The Kier molecular flexibility index (Phi) is 6.51. The molecule has 8 nitrogen and oxygen atoms in total. The number of nitrogens with zero attached hydrogens (tertiary/aromatic N) is 2. The number of esters is 1. The minimum absolute atomic E-state index is 0.175. The Morgan fingerprint density at radius 2 is 2.00 bits per heavy atom. The van der Waals surface area contributed by atoms with Crippen LogP contribution >= 0.6 is 0 Å². The number of hydrogen-bond acceptors (Lipinski definition) is 7. The molecule has 1 aromatic carbocycles. The van der Waals surface area contributed by atoms with Crippen LogP contribution in [0.3, 0.4) is 0 Å². The average Bonchev–Trinajstić information content (AvgIpc) is 2.66. The number of amides is 1. The SMILES string of the molecule is COC(=O)COc1ccc(OCC(=O)Nc2ccc(C)cn2)c(C#N)c1. The van der Waals surface area contributed by atoms with Crippen LogP contribution in [-0.4, -0.2) is 37.2 Å². The largest absolute Gasteiger partial charge is 0.482 e. The number of rotatable bonds is 7. The van der Waals surface area contributed by atoms with Crippen LogP contribution < -0.4 is 14.8 Å². The number of anilines is 1. The third-order valence-electron chi connectivity index (χ3n) is 3.19. The molecule has 1 N–H and O–H groups in total. The summed E-state index contributed by atoms with van der Waals surface area (Å²) in [5.41, 5.74) is 1.15. The van der Waals surface area contributed by atoms with Crippen molar-refractivity contribution in [2.45, 2.75) is 6.92 Å². The van der Waals surface area contributed by atoms with Crippen LogP contribution in [0, 0.1) is 18.3 Å². The van der Waals surface area contributed by atoms with Gasteiger partial charge in [-0.15, -0.1) is 0 Å². The predicted octanol–water partition coefficient (Wildman–Crippen LogP) is 1.83.